The van der Waals surface area contributed by atoms with E-state index in [1.807, 2.05) is 30.1 Å². The molecule has 0 bridgehead atoms. The van der Waals surface area contributed by atoms with Crippen molar-refractivity contribution in [2.24, 2.45) is 0 Å². The van der Waals surface area contributed by atoms with Gasteiger partial charge in [-0.25, -0.2) is 0 Å². The van der Waals surface area contributed by atoms with Crippen molar-refractivity contribution in [3.05, 3.63) is 23.8 Å². The molecule has 6 nitrogen and oxygen atoms in total. The third kappa shape index (κ3) is 8.05. The molecule has 6 heteroatoms. The van der Waals surface area contributed by atoms with Gasteiger partial charge in [-0.2, -0.15) is 0 Å². The van der Waals surface area contributed by atoms with Gasteiger partial charge in [-0.3, -0.25) is 4.90 Å². The maximum Gasteiger partial charge on any atom is 0.161 e. The van der Waals surface area contributed by atoms with Gasteiger partial charge in [-0.05, 0) is 50.7 Å². The zero-order valence-corrected chi connectivity index (χ0v) is 16.9. The minimum absolute atomic E-state index is 0.143. The second-order valence-corrected chi connectivity index (χ2v) is 7.48. The first-order chi connectivity index (χ1) is 13.1. The molecule has 0 radical (unpaired) electrons. The van der Waals surface area contributed by atoms with Crippen LogP contribution in [0.25, 0.3) is 0 Å². The number of likely N-dealkylation sites (tertiary alicyclic amines) is 1. The molecule has 0 spiro atoms. The highest BCUT2D eigenvalue weighted by Crippen LogP contribution is 2.28. The van der Waals surface area contributed by atoms with Crippen LogP contribution in [0, 0.1) is 0 Å². The molecule has 0 aromatic heterocycles. The van der Waals surface area contributed by atoms with E-state index in [4.69, 9.17) is 14.6 Å². The Morgan fingerprint density at radius 2 is 1.81 bits per heavy atom. The number of methoxy groups -OCH3 is 1. The van der Waals surface area contributed by atoms with E-state index in [1.165, 1.54) is 32.1 Å². The molecule has 1 fully saturated rings. The second kappa shape index (κ2) is 12.2. The van der Waals surface area contributed by atoms with Gasteiger partial charge in [0.2, 0.25) is 0 Å². The highest BCUT2D eigenvalue weighted by molar-refractivity contribution is 5.43. The van der Waals surface area contributed by atoms with Gasteiger partial charge < -0.3 is 24.6 Å². The van der Waals surface area contributed by atoms with Crippen molar-refractivity contribution in [1.29, 1.82) is 0 Å². The van der Waals surface area contributed by atoms with Crippen molar-refractivity contribution in [1.82, 2.24) is 9.80 Å². The number of rotatable bonds is 10. The zero-order chi connectivity index (χ0) is 19.5. The zero-order valence-electron chi connectivity index (χ0n) is 16.9. The molecule has 0 saturated carbocycles. The molecule has 1 aliphatic rings. The standard InChI is InChI=1S/C21H36N2O4/c1-22(12-13-24)15-18-8-9-20(21(14-18)26-2)27-17-19(25)16-23-10-6-4-3-5-7-11-23/h8-9,14,19,24-25H,3-7,10-13,15-17H2,1-2H3. The van der Waals surface area contributed by atoms with E-state index in [2.05, 4.69) is 4.90 Å². The van der Waals surface area contributed by atoms with Crippen molar-refractivity contribution < 1.29 is 19.7 Å². The van der Waals surface area contributed by atoms with E-state index in [9.17, 15) is 5.11 Å². The second-order valence-electron chi connectivity index (χ2n) is 7.48. The predicted octanol–water partition coefficient (Wildman–Crippen LogP) is 2.13. The smallest absolute Gasteiger partial charge is 0.161 e. The van der Waals surface area contributed by atoms with Crippen LogP contribution in [-0.4, -0.2) is 79.7 Å². The van der Waals surface area contributed by atoms with Crippen molar-refractivity contribution in [3.63, 3.8) is 0 Å². The third-order valence-corrected chi connectivity index (χ3v) is 5.01. The summed E-state index contributed by atoms with van der Waals surface area (Å²) in [7, 11) is 3.59. The Morgan fingerprint density at radius 3 is 2.48 bits per heavy atom. The van der Waals surface area contributed by atoms with Crippen LogP contribution < -0.4 is 9.47 Å². The van der Waals surface area contributed by atoms with Crippen LogP contribution in [0.4, 0.5) is 0 Å². The lowest BCUT2D eigenvalue weighted by Gasteiger charge is -2.26. The molecule has 27 heavy (non-hydrogen) atoms. The number of β-amino-alcohol motifs (C(OH)–C–C–N with tert-alkyl or cyclic N) is 1. The summed E-state index contributed by atoms with van der Waals surface area (Å²) in [5, 5.41) is 19.4. The summed E-state index contributed by atoms with van der Waals surface area (Å²) in [6.07, 6.45) is 5.84. The minimum Gasteiger partial charge on any atom is -0.493 e. The Labute approximate surface area is 163 Å². The number of hydrogen-bond acceptors (Lipinski definition) is 6. The molecule has 1 aliphatic heterocycles. The van der Waals surface area contributed by atoms with Crippen molar-refractivity contribution in [2.45, 2.75) is 44.8 Å². The van der Waals surface area contributed by atoms with Crippen LogP contribution in [0.5, 0.6) is 11.5 Å². The number of hydrogen-bond donors (Lipinski definition) is 2. The molecule has 1 aromatic rings. The van der Waals surface area contributed by atoms with Crippen LogP contribution in [0.15, 0.2) is 18.2 Å². The van der Waals surface area contributed by atoms with E-state index in [0.29, 0.717) is 24.6 Å². The monoisotopic (exact) mass is 380 g/mol. The first-order valence-electron chi connectivity index (χ1n) is 10.1. The summed E-state index contributed by atoms with van der Waals surface area (Å²) in [5.41, 5.74) is 1.09. The van der Waals surface area contributed by atoms with Crippen molar-refractivity contribution in [2.75, 3.05) is 53.6 Å². The molecular weight excluding hydrogens is 344 g/mol. The van der Waals surface area contributed by atoms with Crippen LogP contribution >= 0.6 is 0 Å². The molecule has 1 saturated heterocycles. The van der Waals surface area contributed by atoms with Crippen LogP contribution in [0.3, 0.4) is 0 Å². The van der Waals surface area contributed by atoms with E-state index in [0.717, 1.165) is 25.2 Å². The molecule has 2 N–H and O–H groups in total. The van der Waals surface area contributed by atoms with Gasteiger partial charge in [-0.1, -0.05) is 25.3 Å². The topological polar surface area (TPSA) is 65.4 Å². The fraction of sp³-hybridized carbons (Fsp3) is 0.714. The Bertz CT molecular complexity index is 533. The maximum absolute atomic E-state index is 10.4. The minimum atomic E-state index is -0.510. The first kappa shape index (κ1) is 22.0. The summed E-state index contributed by atoms with van der Waals surface area (Å²) in [6.45, 7) is 4.55. The van der Waals surface area contributed by atoms with E-state index in [1.54, 1.807) is 7.11 Å². The SMILES string of the molecule is COc1cc(CN(C)CCO)ccc1OCC(O)CN1CCCCCCC1. The Morgan fingerprint density at radius 1 is 1.11 bits per heavy atom. The van der Waals surface area contributed by atoms with Gasteiger partial charge in [0.1, 0.15) is 12.7 Å². The average molecular weight is 381 g/mol. The van der Waals surface area contributed by atoms with Crippen LogP contribution in [0.2, 0.25) is 0 Å². The summed E-state index contributed by atoms with van der Waals surface area (Å²) in [4.78, 5) is 4.40. The predicted molar refractivity (Wildman–Crippen MR) is 107 cm³/mol. The molecule has 1 atom stereocenters. The Hall–Kier alpha value is -1.34. The lowest BCUT2D eigenvalue weighted by atomic mass is 10.1. The normalized spacial score (nSPS) is 17.4. The Kier molecular flexibility index (Phi) is 9.91. The molecule has 154 valence electrons. The first-order valence-corrected chi connectivity index (χ1v) is 10.1. The lowest BCUT2D eigenvalue weighted by molar-refractivity contribution is 0.0645. The number of nitrogens with zero attached hydrogens (tertiary/aromatic N) is 2. The highest BCUT2D eigenvalue weighted by atomic mass is 16.5. The molecule has 0 amide bonds. The summed E-state index contributed by atoms with van der Waals surface area (Å²) in [5.74, 6) is 1.32. The Balaban J connectivity index is 1.84. The van der Waals surface area contributed by atoms with Gasteiger partial charge in [-0.15, -0.1) is 0 Å². The van der Waals surface area contributed by atoms with E-state index < -0.39 is 6.10 Å². The fourth-order valence-electron chi connectivity index (χ4n) is 3.52. The quantitative estimate of drug-likeness (QED) is 0.648. The highest BCUT2D eigenvalue weighted by Gasteiger charge is 2.15. The van der Waals surface area contributed by atoms with E-state index in [-0.39, 0.29) is 13.2 Å². The molecule has 0 aliphatic carbocycles. The third-order valence-electron chi connectivity index (χ3n) is 5.01. The van der Waals surface area contributed by atoms with Crippen molar-refractivity contribution in [3.8, 4) is 11.5 Å². The van der Waals surface area contributed by atoms with E-state index >= 15 is 0 Å². The van der Waals surface area contributed by atoms with Crippen LogP contribution in [0.1, 0.15) is 37.7 Å². The van der Waals surface area contributed by atoms with Crippen molar-refractivity contribution >= 4 is 0 Å². The largest absolute Gasteiger partial charge is 0.493 e. The number of aliphatic hydroxyl groups is 2. The molecule has 1 aromatic carbocycles. The van der Waals surface area contributed by atoms with Gasteiger partial charge in [0.15, 0.2) is 11.5 Å². The average Bonchev–Trinajstić information content (AvgIpc) is 2.62. The molecule has 1 heterocycles. The van der Waals surface area contributed by atoms with Gasteiger partial charge in [0, 0.05) is 19.6 Å². The van der Waals surface area contributed by atoms with Gasteiger partial charge >= 0.3 is 0 Å². The molecule has 1 unspecified atom stereocenters. The fourth-order valence-corrected chi connectivity index (χ4v) is 3.52. The van der Waals surface area contributed by atoms with Gasteiger partial charge in [0.25, 0.3) is 0 Å². The molecular formula is C21H36N2O4. The number of benzene rings is 1. The lowest BCUT2D eigenvalue weighted by Crippen LogP contribution is -2.37. The summed E-state index contributed by atoms with van der Waals surface area (Å²) >= 11 is 0. The summed E-state index contributed by atoms with van der Waals surface area (Å²) in [6, 6.07) is 5.84. The number of aliphatic hydroxyl groups excluding tert-OH is 2. The molecule has 2 rings (SSSR count). The van der Waals surface area contributed by atoms with Gasteiger partial charge in [0.05, 0.1) is 13.7 Å². The maximum atomic E-state index is 10.4. The number of likely N-dealkylation sites (N-methyl/N-ethyl adjacent to an activating group) is 1. The number of ether oxygens (including phenoxy) is 2. The van der Waals surface area contributed by atoms with Crippen LogP contribution in [-0.2, 0) is 6.54 Å². The summed E-state index contributed by atoms with van der Waals surface area (Å²) < 4.78 is 11.3.